The summed E-state index contributed by atoms with van der Waals surface area (Å²) in [5, 5.41) is 9.94. The van der Waals surface area contributed by atoms with Crippen molar-refractivity contribution in [1.29, 1.82) is 0 Å². The molecule has 0 spiro atoms. The molecule has 4 heterocycles. The van der Waals surface area contributed by atoms with Gasteiger partial charge in [0.1, 0.15) is 29.2 Å². The number of hydrogen-bond acceptors (Lipinski definition) is 7. The fourth-order valence-electron chi connectivity index (χ4n) is 5.68. The number of carbonyl (C=O) groups is 1. The Labute approximate surface area is 264 Å². The number of rotatable bonds is 10. The number of benzene rings is 2. The molecule has 11 nitrogen and oxygen atoms in total. The topological polar surface area (TPSA) is 133 Å². The highest BCUT2D eigenvalue weighted by Gasteiger charge is 2.24. The number of nitrogens with two attached hydrogens (primary N) is 1. The third kappa shape index (κ3) is 6.14. The highest BCUT2D eigenvalue weighted by Crippen LogP contribution is 2.40. The van der Waals surface area contributed by atoms with Crippen LogP contribution in [0.5, 0.6) is 5.75 Å². The molecule has 1 fully saturated rings. The summed E-state index contributed by atoms with van der Waals surface area (Å²) in [6.07, 6.45) is 7.24. The molecule has 1 aliphatic heterocycles. The van der Waals surface area contributed by atoms with Crippen molar-refractivity contribution in [2.75, 3.05) is 23.5 Å². The average Bonchev–Trinajstić information content (AvgIpc) is 3.68. The van der Waals surface area contributed by atoms with Crippen LogP contribution in [0.2, 0.25) is 0 Å². The third-order valence-electron chi connectivity index (χ3n) is 8.10. The minimum absolute atomic E-state index is 0.0785. The van der Waals surface area contributed by atoms with E-state index in [0.29, 0.717) is 40.8 Å². The van der Waals surface area contributed by atoms with E-state index >= 15 is 0 Å². The lowest BCUT2D eigenvalue weighted by atomic mass is 10.0. The van der Waals surface area contributed by atoms with Gasteiger partial charge in [0.2, 0.25) is 6.41 Å². The van der Waals surface area contributed by atoms with Gasteiger partial charge in [0.25, 0.3) is 0 Å². The van der Waals surface area contributed by atoms with E-state index in [0.717, 1.165) is 30.4 Å². The predicted molar refractivity (Wildman–Crippen MR) is 169 cm³/mol. The van der Waals surface area contributed by atoms with Crippen molar-refractivity contribution in [3.8, 4) is 28.1 Å². The van der Waals surface area contributed by atoms with E-state index in [2.05, 4.69) is 14.8 Å². The van der Waals surface area contributed by atoms with Crippen LogP contribution in [0.4, 0.5) is 24.7 Å². The number of anilines is 2. The van der Waals surface area contributed by atoms with Crippen LogP contribution in [0, 0.1) is 5.82 Å². The maximum absolute atomic E-state index is 13.5. The molecular weight excluding hydrogens is 621 g/mol. The SMILES string of the molecule is CC(Oc1cc(-c2nn(C)c3c(-c4cnn(C5CCN(C=O)CC5)c4)cnc(N)c23)ccc1NS(=O)C(F)F)c1ccc(F)cc1. The summed E-state index contributed by atoms with van der Waals surface area (Å²) < 4.78 is 64.0. The molecule has 1 amide bonds. The third-order valence-corrected chi connectivity index (χ3v) is 8.84. The first-order chi connectivity index (χ1) is 22.1. The molecule has 3 aromatic heterocycles. The van der Waals surface area contributed by atoms with Crippen molar-refractivity contribution >= 4 is 39.8 Å². The standard InChI is InChI=1S/C31H31F3N8O3S/c1-18(19-3-6-22(32)7-4-19)45-26-13-20(5-8-25(26)39-46(44)31(33)34)28-27-29(40(2)38-28)24(15-36-30(27)35)21-14-37-42(16-21)23-9-11-41(17-43)12-10-23/h3-8,13-18,23,31,39H,9-12H2,1-2H3,(H2,35,36). The van der Waals surface area contributed by atoms with Crippen LogP contribution in [-0.2, 0) is 22.8 Å². The number of likely N-dealkylation sites (tertiary alicyclic amines) is 1. The summed E-state index contributed by atoms with van der Waals surface area (Å²) in [6.45, 7) is 3.07. The maximum atomic E-state index is 13.5. The Hall–Kier alpha value is -4.92. The second-order valence-corrected chi connectivity index (χ2v) is 12.2. The second kappa shape index (κ2) is 12.8. The zero-order valence-electron chi connectivity index (χ0n) is 24.9. The van der Waals surface area contributed by atoms with Crippen molar-refractivity contribution in [2.45, 2.75) is 37.7 Å². The molecule has 15 heteroatoms. The predicted octanol–water partition coefficient (Wildman–Crippen LogP) is 5.45. The van der Waals surface area contributed by atoms with Gasteiger partial charge in [-0.1, -0.05) is 18.2 Å². The van der Waals surface area contributed by atoms with Gasteiger partial charge in [0.05, 0.1) is 28.8 Å². The van der Waals surface area contributed by atoms with E-state index < -0.39 is 28.7 Å². The number of nitrogens with zero attached hydrogens (tertiary/aromatic N) is 6. The second-order valence-electron chi connectivity index (χ2n) is 11.0. The average molecular weight is 653 g/mol. The van der Waals surface area contributed by atoms with E-state index in [1.807, 2.05) is 10.9 Å². The Bertz CT molecular complexity index is 1910. The monoisotopic (exact) mass is 652 g/mol. The van der Waals surface area contributed by atoms with Crippen molar-refractivity contribution in [3.63, 3.8) is 0 Å². The number of ether oxygens (including phenoxy) is 1. The number of hydrogen-bond donors (Lipinski definition) is 2. The van der Waals surface area contributed by atoms with Crippen LogP contribution in [0.1, 0.15) is 37.5 Å². The largest absolute Gasteiger partial charge is 0.484 e. The van der Waals surface area contributed by atoms with Gasteiger partial charge in [0.15, 0.2) is 11.0 Å². The van der Waals surface area contributed by atoms with Gasteiger partial charge in [-0.25, -0.2) is 13.6 Å². The van der Waals surface area contributed by atoms with Crippen LogP contribution in [0.25, 0.3) is 33.3 Å². The molecule has 5 aromatic rings. The minimum atomic E-state index is -3.13. The van der Waals surface area contributed by atoms with Crippen molar-refractivity contribution < 1.29 is 26.9 Å². The van der Waals surface area contributed by atoms with E-state index in [9.17, 15) is 22.2 Å². The van der Waals surface area contributed by atoms with E-state index in [4.69, 9.17) is 15.6 Å². The van der Waals surface area contributed by atoms with Crippen LogP contribution in [0.3, 0.4) is 0 Å². The first kappa shape index (κ1) is 31.1. The van der Waals surface area contributed by atoms with Gasteiger partial charge in [-0.2, -0.15) is 19.0 Å². The first-order valence-electron chi connectivity index (χ1n) is 14.5. The van der Waals surface area contributed by atoms with Crippen molar-refractivity contribution in [1.82, 2.24) is 29.4 Å². The Morgan fingerprint density at radius 3 is 2.54 bits per heavy atom. The quantitative estimate of drug-likeness (QED) is 0.192. The molecule has 2 unspecified atom stereocenters. The molecule has 0 bridgehead atoms. The number of piperidine rings is 1. The number of amides is 1. The lowest BCUT2D eigenvalue weighted by Crippen LogP contribution is -2.33. The number of carbonyl (C=O) groups excluding carboxylic acids is 1. The van der Waals surface area contributed by atoms with E-state index in [1.54, 1.807) is 60.2 Å². The number of nitrogens with one attached hydrogen (secondary N) is 1. The minimum Gasteiger partial charge on any atom is -0.484 e. The number of aromatic nitrogens is 5. The Morgan fingerprint density at radius 1 is 1.11 bits per heavy atom. The summed E-state index contributed by atoms with van der Waals surface area (Å²) in [4.78, 5) is 17.3. The van der Waals surface area contributed by atoms with Crippen molar-refractivity contribution in [2.24, 2.45) is 7.05 Å². The van der Waals surface area contributed by atoms with Gasteiger partial charge in [-0.3, -0.25) is 18.9 Å². The number of fused-ring (bicyclic) bond motifs is 1. The highest BCUT2D eigenvalue weighted by atomic mass is 32.2. The molecule has 0 saturated carbocycles. The van der Waals surface area contributed by atoms with Gasteiger partial charge in [-0.05, 0) is 49.6 Å². The fourth-order valence-corrected chi connectivity index (χ4v) is 6.15. The summed E-state index contributed by atoms with van der Waals surface area (Å²) in [5.41, 5.74) is 10.4. The zero-order chi connectivity index (χ0) is 32.5. The molecular formula is C31H31F3N8O3S. The smallest absolute Gasteiger partial charge is 0.330 e. The van der Waals surface area contributed by atoms with Gasteiger partial charge < -0.3 is 15.4 Å². The molecule has 2 aromatic carbocycles. The fraction of sp³-hybridized carbons (Fsp3) is 0.290. The van der Waals surface area contributed by atoms with E-state index in [-0.39, 0.29) is 23.3 Å². The molecule has 0 radical (unpaired) electrons. The maximum Gasteiger partial charge on any atom is 0.330 e. The summed E-state index contributed by atoms with van der Waals surface area (Å²) in [5.74, 6) is -3.17. The van der Waals surface area contributed by atoms with Gasteiger partial charge in [-0.15, -0.1) is 0 Å². The van der Waals surface area contributed by atoms with Crippen LogP contribution in [0.15, 0.2) is 61.1 Å². The molecule has 0 aliphatic carbocycles. The Kier molecular flexibility index (Phi) is 8.67. The summed E-state index contributed by atoms with van der Waals surface area (Å²) >= 11 is 0. The van der Waals surface area contributed by atoms with Crippen LogP contribution >= 0.6 is 0 Å². The van der Waals surface area contributed by atoms with Crippen LogP contribution in [-0.4, -0.2) is 58.9 Å². The number of pyridine rings is 1. The first-order valence-corrected chi connectivity index (χ1v) is 15.7. The van der Waals surface area contributed by atoms with Gasteiger partial charge >= 0.3 is 5.76 Å². The lowest BCUT2D eigenvalue weighted by Gasteiger charge is -2.29. The highest BCUT2D eigenvalue weighted by molar-refractivity contribution is 7.86. The molecule has 2 atom stereocenters. The zero-order valence-corrected chi connectivity index (χ0v) is 25.8. The molecule has 3 N–H and O–H groups in total. The molecule has 6 rings (SSSR count). The normalized spacial score (nSPS) is 15.3. The Balaban J connectivity index is 1.38. The summed E-state index contributed by atoms with van der Waals surface area (Å²) in [7, 11) is -0.902. The number of aryl methyl sites for hydroxylation is 1. The molecule has 46 heavy (non-hydrogen) atoms. The van der Waals surface area contributed by atoms with Gasteiger partial charge in [0, 0.05) is 49.2 Å². The molecule has 240 valence electrons. The number of nitrogen functional groups attached to an aromatic ring is 1. The van der Waals surface area contributed by atoms with Crippen molar-refractivity contribution in [3.05, 3.63) is 72.4 Å². The summed E-state index contributed by atoms with van der Waals surface area (Å²) in [6, 6.07) is 10.6. The number of halogens is 3. The molecule has 1 aliphatic rings. The molecule has 1 saturated heterocycles. The number of alkyl halides is 2. The van der Waals surface area contributed by atoms with E-state index in [1.165, 1.54) is 18.2 Å². The Morgan fingerprint density at radius 2 is 1.85 bits per heavy atom. The lowest BCUT2D eigenvalue weighted by molar-refractivity contribution is -0.119. The van der Waals surface area contributed by atoms with Crippen LogP contribution < -0.4 is 15.2 Å².